The van der Waals surface area contributed by atoms with Crippen LogP contribution < -0.4 is 5.32 Å². The van der Waals surface area contributed by atoms with Gasteiger partial charge in [0.15, 0.2) is 0 Å². The van der Waals surface area contributed by atoms with Gasteiger partial charge >= 0.3 is 0 Å². The Morgan fingerprint density at radius 3 is 2.50 bits per heavy atom. The van der Waals surface area contributed by atoms with E-state index in [1.807, 2.05) is 0 Å². The van der Waals surface area contributed by atoms with E-state index in [2.05, 4.69) is 5.32 Å². The summed E-state index contributed by atoms with van der Waals surface area (Å²) in [6, 6.07) is 0. The third kappa shape index (κ3) is 3.77. The van der Waals surface area contributed by atoms with E-state index in [0.717, 1.165) is 13.5 Å². The molecule has 1 fully saturated rings. The average molecular weight is 149 g/mol. The van der Waals surface area contributed by atoms with Crippen LogP contribution in [0.5, 0.6) is 0 Å². The fraction of sp³-hybridized carbons (Fsp3) is 1.00. The minimum Gasteiger partial charge on any atom is -0.311 e. The quantitative estimate of drug-likeness (QED) is 0.640. The second kappa shape index (κ2) is 2.82. The predicted octanol–water partition coefficient (Wildman–Crippen LogP) is 1.64. The predicted molar refractivity (Wildman–Crippen MR) is 36.2 cm³/mol. The van der Waals surface area contributed by atoms with E-state index in [0.29, 0.717) is 5.92 Å². The summed E-state index contributed by atoms with van der Waals surface area (Å²) in [5.74, 6) is -1.86. The molecular formula is C7H13F2N. The Morgan fingerprint density at radius 2 is 2.10 bits per heavy atom. The van der Waals surface area contributed by atoms with E-state index in [9.17, 15) is 8.78 Å². The molecule has 0 radical (unpaired) electrons. The Labute approximate surface area is 59.8 Å². The van der Waals surface area contributed by atoms with Crippen LogP contribution in [-0.2, 0) is 0 Å². The number of hydrogen-bond acceptors (Lipinski definition) is 1. The SMILES string of the molecule is CC(F)(F)CNCC1CC1. The first kappa shape index (κ1) is 7.92. The maximum Gasteiger partial charge on any atom is 0.257 e. The molecule has 1 N–H and O–H groups in total. The summed E-state index contributed by atoms with van der Waals surface area (Å²) in [6.45, 7) is 1.53. The van der Waals surface area contributed by atoms with Gasteiger partial charge in [-0.05, 0) is 25.3 Å². The lowest BCUT2D eigenvalue weighted by atomic mass is 10.3. The summed E-state index contributed by atoms with van der Waals surface area (Å²) in [7, 11) is 0. The van der Waals surface area contributed by atoms with E-state index in [1.54, 1.807) is 0 Å². The molecule has 1 aliphatic carbocycles. The zero-order valence-electron chi connectivity index (χ0n) is 6.16. The van der Waals surface area contributed by atoms with Crippen molar-refractivity contribution in [2.75, 3.05) is 13.1 Å². The highest BCUT2D eigenvalue weighted by Gasteiger charge is 2.24. The van der Waals surface area contributed by atoms with Gasteiger partial charge in [-0.3, -0.25) is 0 Å². The van der Waals surface area contributed by atoms with Crippen LogP contribution in [0.2, 0.25) is 0 Å². The number of alkyl halides is 2. The summed E-state index contributed by atoms with van der Waals surface area (Å²) in [5, 5.41) is 2.74. The van der Waals surface area contributed by atoms with Crippen LogP contribution in [0.4, 0.5) is 8.78 Å². The van der Waals surface area contributed by atoms with Crippen molar-refractivity contribution in [2.45, 2.75) is 25.7 Å². The third-order valence-corrected chi connectivity index (χ3v) is 1.57. The van der Waals surface area contributed by atoms with Crippen molar-refractivity contribution in [1.82, 2.24) is 5.32 Å². The molecule has 60 valence electrons. The summed E-state index contributed by atoms with van der Waals surface area (Å²) < 4.78 is 24.3. The van der Waals surface area contributed by atoms with E-state index in [1.165, 1.54) is 12.8 Å². The molecule has 10 heavy (non-hydrogen) atoms. The molecule has 0 aromatic carbocycles. The summed E-state index contributed by atoms with van der Waals surface area (Å²) in [5.41, 5.74) is 0. The van der Waals surface area contributed by atoms with Gasteiger partial charge in [-0.2, -0.15) is 0 Å². The van der Waals surface area contributed by atoms with E-state index in [-0.39, 0.29) is 6.54 Å². The van der Waals surface area contributed by atoms with Gasteiger partial charge in [0, 0.05) is 6.92 Å². The van der Waals surface area contributed by atoms with Crippen LogP contribution in [0.1, 0.15) is 19.8 Å². The van der Waals surface area contributed by atoms with Crippen LogP contribution in [0.25, 0.3) is 0 Å². The molecule has 3 heteroatoms. The normalized spacial score (nSPS) is 19.5. The van der Waals surface area contributed by atoms with Crippen molar-refractivity contribution in [1.29, 1.82) is 0 Å². The second-order valence-electron chi connectivity index (χ2n) is 3.14. The van der Waals surface area contributed by atoms with E-state index >= 15 is 0 Å². The van der Waals surface area contributed by atoms with Crippen LogP contribution >= 0.6 is 0 Å². The van der Waals surface area contributed by atoms with Gasteiger partial charge in [0.25, 0.3) is 5.92 Å². The van der Waals surface area contributed by atoms with Crippen molar-refractivity contribution in [2.24, 2.45) is 5.92 Å². The number of nitrogens with one attached hydrogen (secondary N) is 1. The maximum atomic E-state index is 12.1. The Balaban J connectivity index is 1.93. The van der Waals surface area contributed by atoms with Gasteiger partial charge in [-0.25, -0.2) is 8.78 Å². The molecule has 0 aromatic heterocycles. The Kier molecular flexibility index (Phi) is 2.24. The molecular weight excluding hydrogens is 136 g/mol. The fourth-order valence-electron chi connectivity index (χ4n) is 0.818. The smallest absolute Gasteiger partial charge is 0.257 e. The van der Waals surface area contributed by atoms with Gasteiger partial charge in [-0.15, -0.1) is 0 Å². The molecule has 1 rings (SSSR count). The Bertz CT molecular complexity index is 105. The zero-order chi connectivity index (χ0) is 7.61. The molecule has 0 aromatic rings. The summed E-state index contributed by atoms with van der Waals surface area (Å²) in [6.07, 6.45) is 2.42. The van der Waals surface area contributed by atoms with Crippen LogP contribution in [0, 0.1) is 5.92 Å². The monoisotopic (exact) mass is 149 g/mol. The minimum atomic E-state index is -2.55. The Hall–Kier alpha value is -0.180. The van der Waals surface area contributed by atoms with Crippen LogP contribution in [0.3, 0.4) is 0 Å². The largest absolute Gasteiger partial charge is 0.311 e. The first-order valence-corrected chi connectivity index (χ1v) is 3.66. The van der Waals surface area contributed by atoms with Crippen molar-refractivity contribution >= 4 is 0 Å². The molecule has 0 saturated heterocycles. The summed E-state index contributed by atoms with van der Waals surface area (Å²) >= 11 is 0. The highest BCUT2D eigenvalue weighted by Crippen LogP contribution is 2.27. The highest BCUT2D eigenvalue weighted by atomic mass is 19.3. The first-order valence-electron chi connectivity index (χ1n) is 3.66. The lowest BCUT2D eigenvalue weighted by Gasteiger charge is -2.10. The lowest BCUT2D eigenvalue weighted by Crippen LogP contribution is -2.31. The van der Waals surface area contributed by atoms with E-state index in [4.69, 9.17) is 0 Å². The van der Waals surface area contributed by atoms with Crippen molar-refractivity contribution in [3.8, 4) is 0 Å². The fourth-order valence-corrected chi connectivity index (χ4v) is 0.818. The van der Waals surface area contributed by atoms with Gasteiger partial charge in [0.1, 0.15) is 0 Å². The van der Waals surface area contributed by atoms with Crippen LogP contribution in [0.15, 0.2) is 0 Å². The standard InChI is InChI=1S/C7H13F2N/c1-7(8,9)5-10-4-6-2-3-6/h6,10H,2-5H2,1H3. The van der Waals surface area contributed by atoms with Gasteiger partial charge in [0.05, 0.1) is 6.54 Å². The molecule has 0 atom stereocenters. The van der Waals surface area contributed by atoms with Crippen molar-refractivity contribution in [3.63, 3.8) is 0 Å². The number of hydrogen-bond donors (Lipinski definition) is 1. The second-order valence-corrected chi connectivity index (χ2v) is 3.14. The molecule has 0 aliphatic heterocycles. The summed E-state index contributed by atoms with van der Waals surface area (Å²) in [4.78, 5) is 0. The van der Waals surface area contributed by atoms with Gasteiger partial charge < -0.3 is 5.32 Å². The number of halogens is 2. The van der Waals surface area contributed by atoms with Crippen molar-refractivity contribution < 1.29 is 8.78 Å². The maximum absolute atomic E-state index is 12.1. The lowest BCUT2D eigenvalue weighted by molar-refractivity contribution is 0.0227. The molecule has 0 bridgehead atoms. The van der Waals surface area contributed by atoms with Gasteiger partial charge in [-0.1, -0.05) is 0 Å². The van der Waals surface area contributed by atoms with Crippen LogP contribution in [-0.4, -0.2) is 19.0 Å². The average Bonchev–Trinajstić information content (AvgIpc) is 2.45. The first-order chi connectivity index (χ1) is 4.58. The molecule has 0 spiro atoms. The molecule has 1 saturated carbocycles. The van der Waals surface area contributed by atoms with Gasteiger partial charge in [0.2, 0.25) is 0 Å². The topological polar surface area (TPSA) is 12.0 Å². The number of rotatable bonds is 4. The Morgan fingerprint density at radius 1 is 1.50 bits per heavy atom. The molecule has 0 unspecified atom stereocenters. The molecule has 1 nitrogen and oxygen atoms in total. The third-order valence-electron chi connectivity index (χ3n) is 1.57. The van der Waals surface area contributed by atoms with E-state index < -0.39 is 5.92 Å². The molecule has 0 amide bonds. The highest BCUT2D eigenvalue weighted by molar-refractivity contribution is 4.76. The minimum absolute atomic E-state index is 0.177. The van der Waals surface area contributed by atoms with Crippen molar-refractivity contribution in [3.05, 3.63) is 0 Å². The zero-order valence-corrected chi connectivity index (χ0v) is 6.16. The molecule has 0 heterocycles. The molecule has 1 aliphatic rings.